The molecule has 0 aromatic carbocycles. The van der Waals surface area contributed by atoms with Crippen molar-refractivity contribution in [1.82, 2.24) is 0 Å². The summed E-state index contributed by atoms with van der Waals surface area (Å²) in [5.41, 5.74) is 0. The van der Waals surface area contributed by atoms with E-state index in [0.717, 1.165) is 54.2 Å². The highest BCUT2D eigenvalue weighted by Crippen LogP contribution is 2.18. The maximum absolute atomic E-state index is 7.76. The molecule has 0 rings (SSSR count). The molecule has 0 unspecified atom stereocenters. The average Bonchev–Trinajstić information content (AvgIpc) is 2.47. The van der Waals surface area contributed by atoms with Crippen LogP contribution in [-0.4, -0.2) is 46.0 Å². The van der Waals surface area contributed by atoms with Crippen LogP contribution in [0.25, 0.3) is 0 Å². The predicted octanol–water partition coefficient (Wildman–Crippen LogP) is 4.66. The molecule has 124 valence electrons. The number of hydrogen-bond acceptors (Lipinski definition) is 11. The lowest BCUT2D eigenvalue weighted by atomic mass is 10.4. The van der Waals surface area contributed by atoms with E-state index < -0.39 is 0 Å². The maximum atomic E-state index is 7.76. The van der Waals surface area contributed by atoms with Crippen molar-refractivity contribution in [2.24, 2.45) is 0 Å². The Morgan fingerprint density at radius 3 is 1.80 bits per heavy atom. The minimum Gasteiger partial charge on any atom is -0.220 e. The number of thioether (sulfide) groups is 1. The molecule has 0 saturated heterocycles. The van der Waals surface area contributed by atoms with Crippen molar-refractivity contribution in [3.05, 3.63) is 0 Å². The molecule has 0 fully saturated rings. The molecule has 0 aliphatic heterocycles. The van der Waals surface area contributed by atoms with E-state index in [1.165, 1.54) is 12.2 Å². The highest BCUT2D eigenvalue weighted by atomic mass is 33.1. The first-order valence-corrected chi connectivity index (χ1v) is 11.6. The van der Waals surface area contributed by atoms with Crippen molar-refractivity contribution >= 4 is 57.4 Å². The Bertz CT molecular complexity index is 145. The van der Waals surface area contributed by atoms with Gasteiger partial charge in [-0.2, -0.15) is 11.8 Å². The molecule has 0 aliphatic rings. The summed E-state index contributed by atoms with van der Waals surface area (Å²) in [6.07, 6.45) is 7.44. The van der Waals surface area contributed by atoms with Gasteiger partial charge in [-0.05, 0) is 37.5 Å². The first-order chi connectivity index (χ1) is 9.83. The number of rotatable bonds is 14. The molecule has 0 aromatic heterocycles. The summed E-state index contributed by atoms with van der Waals surface area (Å²) in [5, 5.41) is 22.2. The van der Waals surface area contributed by atoms with Crippen molar-refractivity contribution in [2.75, 3.05) is 35.5 Å². The molecule has 6 nitrogen and oxygen atoms in total. The quantitative estimate of drug-likeness (QED) is 0.144. The van der Waals surface area contributed by atoms with Crippen LogP contribution in [0.2, 0.25) is 0 Å². The highest BCUT2D eigenvalue weighted by Gasteiger charge is 1.91. The van der Waals surface area contributed by atoms with Crippen LogP contribution >= 0.6 is 57.4 Å². The fourth-order valence-corrected chi connectivity index (χ4v) is 3.54. The van der Waals surface area contributed by atoms with Gasteiger partial charge in [0.15, 0.2) is 0 Å². The Hall–Kier alpha value is 1.51. The first-order valence-electron chi connectivity index (χ1n) is 5.67. The number of unbranched alkanes of at least 4 members (excludes halogenated alkanes) is 1. The molecule has 0 radical (unpaired) electrons. The largest absolute Gasteiger partial charge is 0.220 e. The fraction of sp³-hybridized carbons (Fsp3) is 1.00. The molecule has 11 heteroatoms. The molecule has 0 aliphatic carbocycles. The van der Waals surface area contributed by atoms with Crippen LogP contribution in [0.3, 0.4) is 0 Å². The van der Waals surface area contributed by atoms with Crippen LogP contribution in [0.1, 0.15) is 19.3 Å². The van der Waals surface area contributed by atoms with Crippen LogP contribution in [-0.2, 0) is 18.7 Å². The maximum Gasteiger partial charge on any atom is 0.0346 e. The third-order valence-corrected chi connectivity index (χ3v) is 5.38. The van der Waals surface area contributed by atoms with Crippen molar-refractivity contribution in [3.63, 3.8) is 0 Å². The third kappa shape index (κ3) is 27.8. The van der Waals surface area contributed by atoms with Gasteiger partial charge in [0.1, 0.15) is 0 Å². The van der Waals surface area contributed by atoms with Crippen LogP contribution < -0.4 is 0 Å². The average molecular weight is 387 g/mol. The highest BCUT2D eigenvalue weighted by molar-refractivity contribution is 8.76. The van der Waals surface area contributed by atoms with E-state index in [0.29, 0.717) is 0 Å². The number of hydrogen-bond donors (Lipinski definition) is 2. The molecule has 0 bridgehead atoms. The molecule has 0 aromatic rings. The summed E-state index contributed by atoms with van der Waals surface area (Å²) < 4.78 is 8.34. The minimum absolute atomic E-state index is 0.849. The predicted molar refractivity (Wildman–Crippen MR) is 92.7 cm³/mol. The SMILES string of the molecule is CSCCCSOOO.CSSCCCCSOOO. The van der Waals surface area contributed by atoms with Gasteiger partial charge in [0.05, 0.1) is 0 Å². The van der Waals surface area contributed by atoms with Gasteiger partial charge >= 0.3 is 0 Å². The van der Waals surface area contributed by atoms with Crippen LogP contribution in [0.5, 0.6) is 0 Å². The van der Waals surface area contributed by atoms with E-state index in [1.807, 2.05) is 17.0 Å². The Morgan fingerprint density at radius 2 is 1.30 bits per heavy atom. The Kier molecular flexibility index (Phi) is 30.3. The smallest absolute Gasteiger partial charge is 0.0346 e. The molecular formula is C9H22O6S5. The normalized spacial score (nSPS) is 10.2. The van der Waals surface area contributed by atoms with Gasteiger partial charge in [-0.3, -0.25) is 0 Å². The Balaban J connectivity index is 0. The van der Waals surface area contributed by atoms with Crippen molar-refractivity contribution in [1.29, 1.82) is 0 Å². The van der Waals surface area contributed by atoms with Crippen molar-refractivity contribution in [3.8, 4) is 0 Å². The van der Waals surface area contributed by atoms with E-state index in [9.17, 15) is 0 Å². The monoisotopic (exact) mass is 386 g/mol. The first kappa shape index (κ1) is 23.8. The zero-order valence-electron chi connectivity index (χ0n) is 11.5. The van der Waals surface area contributed by atoms with Crippen LogP contribution in [0.15, 0.2) is 0 Å². The molecule has 0 spiro atoms. The second-order valence-corrected chi connectivity index (χ2v) is 8.20. The summed E-state index contributed by atoms with van der Waals surface area (Å²) in [6, 6.07) is 0. The van der Waals surface area contributed by atoms with Gasteiger partial charge in [-0.25, -0.2) is 10.5 Å². The second-order valence-electron chi connectivity index (χ2n) is 2.97. The van der Waals surface area contributed by atoms with Crippen LogP contribution in [0, 0.1) is 0 Å². The Labute approximate surface area is 141 Å². The fourth-order valence-electron chi connectivity index (χ4n) is 0.779. The zero-order chi connectivity index (χ0) is 15.3. The second kappa shape index (κ2) is 25.5. The van der Waals surface area contributed by atoms with Crippen LogP contribution in [0.4, 0.5) is 0 Å². The van der Waals surface area contributed by atoms with Gasteiger partial charge in [0.25, 0.3) is 0 Å². The molecule has 2 N–H and O–H groups in total. The molecule has 0 amide bonds. The van der Waals surface area contributed by atoms with Gasteiger partial charge in [-0.1, -0.05) is 31.7 Å². The summed E-state index contributed by atoms with van der Waals surface area (Å²) in [5.74, 6) is 3.99. The van der Waals surface area contributed by atoms with E-state index in [4.69, 9.17) is 10.5 Å². The lowest BCUT2D eigenvalue weighted by Gasteiger charge is -1.97. The van der Waals surface area contributed by atoms with E-state index >= 15 is 0 Å². The van der Waals surface area contributed by atoms with Crippen molar-refractivity contribution < 1.29 is 29.3 Å². The summed E-state index contributed by atoms with van der Waals surface area (Å²) in [6.45, 7) is 0. The van der Waals surface area contributed by atoms with Gasteiger partial charge < -0.3 is 0 Å². The molecule has 20 heavy (non-hydrogen) atoms. The van der Waals surface area contributed by atoms with Crippen molar-refractivity contribution in [2.45, 2.75) is 19.3 Å². The lowest BCUT2D eigenvalue weighted by molar-refractivity contribution is -0.432. The summed E-state index contributed by atoms with van der Waals surface area (Å²) >= 11 is 4.02. The topological polar surface area (TPSA) is 77.4 Å². The standard InChI is InChI=1S/C5H12O3S3.C4H10O3S2/c1-9-11-5-3-2-4-10-8-7-6;1-8-3-2-4-9-7-6-5/h6H,2-5H2,1H3;5H,2-4H2,1H3. The van der Waals surface area contributed by atoms with Gasteiger partial charge in [-0.15, -0.1) is 8.67 Å². The van der Waals surface area contributed by atoms with E-state index in [2.05, 4.69) is 25.0 Å². The third-order valence-electron chi connectivity index (χ3n) is 1.56. The minimum atomic E-state index is 0.849. The molecule has 0 saturated carbocycles. The van der Waals surface area contributed by atoms with E-state index in [-0.39, 0.29) is 0 Å². The molecule has 0 atom stereocenters. The molecule has 0 heterocycles. The summed E-state index contributed by atoms with van der Waals surface area (Å²) in [7, 11) is 3.64. The van der Waals surface area contributed by atoms with Gasteiger partial charge in [0, 0.05) is 41.3 Å². The Morgan fingerprint density at radius 1 is 0.750 bits per heavy atom. The zero-order valence-corrected chi connectivity index (χ0v) is 15.6. The van der Waals surface area contributed by atoms with E-state index in [1.54, 1.807) is 22.6 Å². The lowest BCUT2D eigenvalue weighted by Crippen LogP contribution is -1.85. The summed E-state index contributed by atoms with van der Waals surface area (Å²) in [4.78, 5) is 0. The van der Waals surface area contributed by atoms with Gasteiger partial charge in [0.2, 0.25) is 0 Å². The molecular weight excluding hydrogens is 364 g/mol.